The van der Waals surface area contributed by atoms with Crippen molar-refractivity contribution in [2.75, 3.05) is 21.3 Å². The summed E-state index contributed by atoms with van der Waals surface area (Å²) in [5, 5.41) is 0. The Hall–Kier alpha value is -0.940. The average molecular weight is 230 g/mol. The SMILES string of the molecule is COC(=O)C1(CC=O)CCC(OC)(OC)C1. The van der Waals surface area contributed by atoms with Gasteiger partial charge in [-0.15, -0.1) is 0 Å². The smallest absolute Gasteiger partial charge is 0.312 e. The molecule has 1 rings (SSSR count). The minimum absolute atomic E-state index is 0.147. The molecule has 0 bridgehead atoms. The summed E-state index contributed by atoms with van der Waals surface area (Å²) in [4.78, 5) is 22.4. The van der Waals surface area contributed by atoms with E-state index < -0.39 is 11.2 Å². The van der Waals surface area contributed by atoms with Crippen molar-refractivity contribution in [2.45, 2.75) is 31.5 Å². The number of hydrogen-bond donors (Lipinski definition) is 0. The van der Waals surface area contributed by atoms with Crippen LogP contribution in [0.1, 0.15) is 25.7 Å². The second kappa shape index (κ2) is 4.93. The van der Waals surface area contributed by atoms with E-state index in [0.717, 1.165) is 6.29 Å². The molecular formula is C11H18O5. The molecule has 1 unspecified atom stereocenters. The molecule has 1 atom stereocenters. The summed E-state index contributed by atoms with van der Waals surface area (Å²) >= 11 is 0. The van der Waals surface area contributed by atoms with Crippen molar-refractivity contribution >= 4 is 12.3 Å². The molecule has 0 heterocycles. The second-order valence-corrected chi connectivity index (χ2v) is 4.14. The summed E-state index contributed by atoms with van der Waals surface area (Å²) in [6, 6.07) is 0. The molecule has 1 fully saturated rings. The molecule has 0 radical (unpaired) electrons. The maximum absolute atomic E-state index is 11.8. The van der Waals surface area contributed by atoms with Crippen LogP contribution in [0.25, 0.3) is 0 Å². The van der Waals surface area contributed by atoms with Crippen molar-refractivity contribution in [1.82, 2.24) is 0 Å². The van der Waals surface area contributed by atoms with Crippen molar-refractivity contribution in [3.05, 3.63) is 0 Å². The molecule has 1 saturated carbocycles. The Bertz CT molecular complexity index is 272. The Labute approximate surface area is 95.0 Å². The summed E-state index contributed by atoms with van der Waals surface area (Å²) in [6.45, 7) is 0. The summed E-state index contributed by atoms with van der Waals surface area (Å²) in [5.74, 6) is -1.13. The van der Waals surface area contributed by atoms with Gasteiger partial charge in [0.05, 0.1) is 12.5 Å². The van der Waals surface area contributed by atoms with Gasteiger partial charge in [0.2, 0.25) is 0 Å². The minimum Gasteiger partial charge on any atom is -0.469 e. The highest BCUT2D eigenvalue weighted by Gasteiger charge is 2.53. The van der Waals surface area contributed by atoms with Crippen LogP contribution in [0.2, 0.25) is 0 Å². The lowest BCUT2D eigenvalue weighted by molar-refractivity contribution is -0.208. The molecule has 16 heavy (non-hydrogen) atoms. The fraction of sp³-hybridized carbons (Fsp3) is 0.818. The molecule has 0 aromatic rings. The standard InChI is InChI=1S/C11H18O5/c1-14-9(13)10(6-7-12)4-5-11(8-10,15-2)16-3/h7H,4-6,8H2,1-3H3. The van der Waals surface area contributed by atoms with E-state index in [-0.39, 0.29) is 12.4 Å². The average Bonchev–Trinajstić information content (AvgIpc) is 2.70. The quantitative estimate of drug-likeness (QED) is 0.399. The van der Waals surface area contributed by atoms with Crippen LogP contribution in [-0.2, 0) is 23.8 Å². The minimum atomic E-state index is -0.789. The first-order valence-electron chi connectivity index (χ1n) is 5.20. The Morgan fingerprint density at radius 2 is 1.88 bits per heavy atom. The van der Waals surface area contributed by atoms with E-state index in [0.29, 0.717) is 19.3 Å². The Kier molecular flexibility index (Phi) is 4.04. The Balaban J connectivity index is 2.91. The number of methoxy groups -OCH3 is 3. The van der Waals surface area contributed by atoms with Gasteiger partial charge in [-0.25, -0.2) is 0 Å². The lowest BCUT2D eigenvalue weighted by atomic mass is 9.83. The topological polar surface area (TPSA) is 61.8 Å². The maximum Gasteiger partial charge on any atom is 0.312 e. The van der Waals surface area contributed by atoms with Crippen LogP contribution in [0.5, 0.6) is 0 Å². The van der Waals surface area contributed by atoms with Gasteiger partial charge in [0.1, 0.15) is 6.29 Å². The summed E-state index contributed by atoms with van der Waals surface area (Å²) in [6.07, 6.45) is 2.38. The molecule has 0 amide bonds. The van der Waals surface area contributed by atoms with E-state index in [1.165, 1.54) is 21.3 Å². The molecule has 1 aliphatic carbocycles. The third-order valence-corrected chi connectivity index (χ3v) is 3.43. The molecule has 5 nitrogen and oxygen atoms in total. The highest BCUT2D eigenvalue weighted by Crippen LogP contribution is 2.48. The van der Waals surface area contributed by atoms with Gasteiger partial charge in [-0.3, -0.25) is 4.79 Å². The van der Waals surface area contributed by atoms with Crippen LogP contribution in [0.15, 0.2) is 0 Å². The number of carbonyl (C=O) groups excluding carboxylic acids is 2. The lowest BCUT2D eigenvalue weighted by Gasteiger charge is -2.29. The van der Waals surface area contributed by atoms with Gasteiger partial charge in [-0.1, -0.05) is 0 Å². The number of aldehydes is 1. The lowest BCUT2D eigenvalue weighted by Crippen LogP contribution is -2.36. The van der Waals surface area contributed by atoms with E-state index in [2.05, 4.69) is 0 Å². The van der Waals surface area contributed by atoms with E-state index in [4.69, 9.17) is 14.2 Å². The molecule has 0 aliphatic heterocycles. The molecule has 92 valence electrons. The largest absolute Gasteiger partial charge is 0.469 e. The van der Waals surface area contributed by atoms with Crippen molar-refractivity contribution in [3.8, 4) is 0 Å². The molecule has 0 saturated heterocycles. The van der Waals surface area contributed by atoms with Crippen LogP contribution in [0.3, 0.4) is 0 Å². The highest BCUT2D eigenvalue weighted by atomic mass is 16.7. The van der Waals surface area contributed by atoms with E-state index in [9.17, 15) is 9.59 Å². The van der Waals surface area contributed by atoms with E-state index in [1.807, 2.05) is 0 Å². The van der Waals surface area contributed by atoms with Gasteiger partial charge < -0.3 is 19.0 Å². The normalized spacial score (nSPS) is 27.7. The van der Waals surface area contributed by atoms with Crippen LogP contribution in [-0.4, -0.2) is 39.4 Å². The fourth-order valence-corrected chi connectivity index (χ4v) is 2.36. The highest BCUT2D eigenvalue weighted by molar-refractivity contribution is 5.80. The van der Waals surface area contributed by atoms with Crippen LogP contribution >= 0.6 is 0 Å². The summed E-state index contributed by atoms with van der Waals surface area (Å²) < 4.78 is 15.4. The van der Waals surface area contributed by atoms with Crippen LogP contribution in [0, 0.1) is 5.41 Å². The number of carbonyl (C=O) groups is 2. The molecular weight excluding hydrogens is 212 g/mol. The van der Waals surface area contributed by atoms with Crippen LogP contribution in [0.4, 0.5) is 0 Å². The van der Waals surface area contributed by atoms with E-state index >= 15 is 0 Å². The van der Waals surface area contributed by atoms with Crippen LogP contribution < -0.4 is 0 Å². The second-order valence-electron chi connectivity index (χ2n) is 4.14. The predicted molar refractivity (Wildman–Crippen MR) is 55.7 cm³/mol. The third kappa shape index (κ3) is 2.10. The Morgan fingerprint density at radius 1 is 1.25 bits per heavy atom. The molecule has 0 spiro atoms. The van der Waals surface area contributed by atoms with Gasteiger partial charge in [0.25, 0.3) is 0 Å². The van der Waals surface area contributed by atoms with Crippen molar-refractivity contribution < 1.29 is 23.8 Å². The first kappa shape index (κ1) is 13.1. The summed E-state index contributed by atoms with van der Waals surface area (Å²) in [5.41, 5.74) is -0.789. The first-order chi connectivity index (χ1) is 7.58. The number of hydrogen-bond acceptors (Lipinski definition) is 5. The summed E-state index contributed by atoms with van der Waals surface area (Å²) in [7, 11) is 4.41. The molecule has 0 aromatic heterocycles. The third-order valence-electron chi connectivity index (χ3n) is 3.43. The monoisotopic (exact) mass is 230 g/mol. The van der Waals surface area contributed by atoms with Crippen molar-refractivity contribution in [2.24, 2.45) is 5.41 Å². The fourth-order valence-electron chi connectivity index (χ4n) is 2.36. The zero-order valence-corrected chi connectivity index (χ0v) is 9.95. The number of rotatable bonds is 5. The number of ether oxygens (including phenoxy) is 3. The Morgan fingerprint density at radius 3 is 2.25 bits per heavy atom. The zero-order chi connectivity index (χ0) is 12.2. The van der Waals surface area contributed by atoms with Gasteiger partial charge in [-0.2, -0.15) is 0 Å². The number of esters is 1. The molecule has 1 aliphatic rings. The maximum atomic E-state index is 11.8. The van der Waals surface area contributed by atoms with Gasteiger partial charge >= 0.3 is 5.97 Å². The van der Waals surface area contributed by atoms with Gasteiger partial charge in [0, 0.05) is 33.5 Å². The van der Waals surface area contributed by atoms with Crippen molar-refractivity contribution in [3.63, 3.8) is 0 Å². The van der Waals surface area contributed by atoms with Gasteiger partial charge in [0.15, 0.2) is 5.79 Å². The predicted octanol–water partition coefficient (Wildman–Crippen LogP) is 0.908. The van der Waals surface area contributed by atoms with Crippen molar-refractivity contribution in [1.29, 1.82) is 0 Å². The first-order valence-corrected chi connectivity index (χ1v) is 5.20. The molecule has 0 N–H and O–H groups in total. The molecule has 5 heteroatoms. The zero-order valence-electron chi connectivity index (χ0n) is 9.95. The van der Waals surface area contributed by atoms with E-state index in [1.54, 1.807) is 0 Å². The molecule has 0 aromatic carbocycles. The van der Waals surface area contributed by atoms with Gasteiger partial charge in [-0.05, 0) is 6.42 Å².